The van der Waals surface area contributed by atoms with Gasteiger partial charge in [0.25, 0.3) is 10.0 Å². The first-order chi connectivity index (χ1) is 18.4. The first kappa shape index (κ1) is 31.0. The third-order valence-electron chi connectivity index (χ3n) is 6.08. The fourth-order valence-electron chi connectivity index (χ4n) is 3.96. The second-order valence-corrected chi connectivity index (χ2v) is 12.2. The number of nitrogens with zero attached hydrogens (tertiary/aromatic N) is 2. The van der Waals surface area contributed by atoms with Gasteiger partial charge >= 0.3 is 0 Å². The van der Waals surface area contributed by atoms with E-state index in [4.69, 9.17) is 46.4 Å². The highest BCUT2D eigenvalue weighted by atomic mass is 35.5. The molecule has 1 atom stereocenters. The molecule has 0 unspecified atom stereocenters. The number of anilines is 1. The van der Waals surface area contributed by atoms with Gasteiger partial charge in [0.1, 0.15) is 12.6 Å². The molecule has 39 heavy (non-hydrogen) atoms. The summed E-state index contributed by atoms with van der Waals surface area (Å²) in [4.78, 5) is 28.0. The van der Waals surface area contributed by atoms with Gasteiger partial charge in [0, 0.05) is 23.6 Å². The zero-order valence-corrected chi connectivity index (χ0v) is 25.3. The minimum atomic E-state index is -4.28. The van der Waals surface area contributed by atoms with E-state index in [1.165, 1.54) is 48.3 Å². The Morgan fingerprint density at radius 2 is 1.62 bits per heavy atom. The zero-order valence-electron chi connectivity index (χ0n) is 21.4. The highest BCUT2D eigenvalue weighted by Crippen LogP contribution is 2.36. The van der Waals surface area contributed by atoms with E-state index in [1.807, 2.05) is 6.92 Å². The summed E-state index contributed by atoms with van der Waals surface area (Å²) in [5, 5.41) is 3.36. The lowest BCUT2D eigenvalue weighted by Gasteiger charge is -2.33. The highest BCUT2D eigenvalue weighted by Gasteiger charge is 2.34. The van der Waals surface area contributed by atoms with Crippen LogP contribution in [0.4, 0.5) is 5.69 Å². The van der Waals surface area contributed by atoms with Crippen molar-refractivity contribution in [3.05, 3.63) is 91.9 Å². The molecule has 0 saturated carbocycles. The number of benzene rings is 3. The van der Waals surface area contributed by atoms with Crippen LogP contribution in [0, 0.1) is 6.92 Å². The van der Waals surface area contributed by atoms with Gasteiger partial charge in [0.05, 0.1) is 20.6 Å². The molecule has 3 aromatic carbocycles. The molecular formula is C27H27Cl4N3O4S. The number of amides is 2. The molecule has 0 aliphatic carbocycles. The van der Waals surface area contributed by atoms with Crippen LogP contribution in [-0.2, 0) is 26.2 Å². The van der Waals surface area contributed by atoms with Crippen LogP contribution in [0.3, 0.4) is 0 Å². The van der Waals surface area contributed by atoms with Gasteiger partial charge in [-0.1, -0.05) is 83.2 Å². The van der Waals surface area contributed by atoms with Crippen LogP contribution < -0.4 is 9.62 Å². The SMILES string of the molecule is CC[C@H](C(=O)NC)N(Cc1ccc(Cl)cc1Cl)C(=O)CN(c1cccc(Cl)c1Cl)S(=O)(=O)c1ccc(C)cc1. The minimum absolute atomic E-state index is 0.0237. The fourth-order valence-corrected chi connectivity index (χ4v) is 6.30. The summed E-state index contributed by atoms with van der Waals surface area (Å²) in [6.45, 7) is 2.85. The molecule has 2 amide bonds. The Kier molecular flexibility index (Phi) is 10.5. The summed E-state index contributed by atoms with van der Waals surface area (Å²) in [5.74, 6) is -1.06. The molecule has 7 nitrogen and oxygen atoms in total. The number of carbonyl (C=O) groups excluding carboxylic acids is 2. The summed E-state index contributed by atoms with van der Waals surface area (Å²) in [7, 11) is -2.82. The smallest absolute Gasteiger partial charge is 0.264 e. The van der Waals surface area contributed by atoms with E-state index in [-0.39, 0.29) is 33.6 Å². The monoisotopic (exact) mass is 629 g/mol. The molecule has 3 aromatic rings. The highest BCUT2D eigenvalue weighted by molar-refractivity contribution is 7.92. The van der Waals surface area contributed by atoms with Crippen molar-refractivity contribution in [2.24, 2.45) is 0 Å². The average molecular weight is 631 g/mol. The van der Waals surface area contributed by atoms with Crippen molar-refractivity contribution in [3.63, 3.8) is 0 Å². The maximum Gasteiger partial charge on any atom is 0.264 e. The van der Waals surface area contributed by atoms with Gasteiger partial charge in [-0.15, -0.1) is 0 Å². The maximum atomic E-state index is 14.0. The number of likely N-dealkylation sites (N-methyl/N-ethyl adjacent to an activating group) is 1. The lowest BCUT2D eigenvalue weighted by atomic mass is 10.1. The van der Waals surface area contributed by atoms with Crippen molar-refractivity contribution in [1.29, 1.82) is 0 Å². The second kappa shape index (κ2) is 13.2. The van der Waals surface area contributed by atoms with E-state index in [0.717, 1.165) is 9.87 Å². The number of sulfonamides is 1. The summed E-state index contributed by atoms with van der Waals surface area (Å²) < 4.78 is 28.7. The van der Waals surface area contributed by atoms with Gasteiger partial charge in [-0.3, -0.25) is 13.9 Å². The van der Waals surface area contributed by atoms with E-state index >= 15 is 0 Å². The first-order valence-electron chi connectivity index (χ1n) is 11.9. The van der Waals surface area contributed by atoms with E-state index in [0.29, 0.717) is 15.6 Å². The lowest BCUT2D eigenvalue weighted by molar-refractivity contribution is -0.140. The summed E-state index contributed by atoms with van der Waals surface area (Å²) in [6, 6.07) is 14.6. The van der Waals surface area contributed by atoms with Crippen LogP contribution in [0.15, 0.2) is 65.6 Å². The number of rotatable bonds is 10. The number of halogens is 4. The Balaban J connectivity index is 2.12. The number of carbonyl (C=O) groups is 2. The van der Waals surface area contributed by atoms with Crippen molar-refractivity contribution in [3.8, 4) is 0 Å². The molecule has 0 saturated heterocycles. The molecule has 208 valence electrons. The normalized spacial score (nSPS) is 12.1. The summed E-state index contributed by atoms with van der Waals surface area (Å²) in [6.07, 6.45) is 0.263. The van der Waals surface area contributed by atoms with Gasteiger partial charge < -0.3 is 10.2 Å². The standard InChI is InChI=1S/C27H27Cl4N3O4S/c1-4-23(27(36)32-3)33(15-18-10-11-19(28)14-22(18)30)25(35)16-34(24-7-5-6-21(29)26(24)31)39(37,38)20-12-8-17(2)9-13-20/h5-14,23H,4,15-16H2,1-3H3,(H,32,36)/t23-/m1/s1. The number of aryl methyl sites for hydroxylation is 1. The van der Waals surface area contributed by atoms with Gasteiger partial charge in [-0.05, 0) is 55.3 Å². The zero-order chi connectivity index (χ0) is 28.9. The molecule has 3 rings (SSSR count). The predicted molar refractivity (Wildman–Crippen MR) is 157 cm³/mol. The quantitative estimate of drug-likeness (QED) is 0.283. The van der Waals surface area contributed by atoms with Crippen LogP contribution in [-0.4, -0.2) is 44.8 Å². The second-order valence-electron chi connectivity index (χ2n) is 8.69. The molecule has 1 N–H and O–H groups in total. The van der Waals surface area contributed by atoms with Crippen LogP contribution in [0.2, 0.25) is 20.1 Å². The van der Waals surface area contributed by atoms with Crippen molar-refractivity contribution < 1.29 is 18.0 Å². The summed E-state index contributed by atoms with van der Waals surface area (Å²) >= 11 is 25.1. The minimum Gasteiger partial charge on any atom is -0.357 e. The van der Waals surface area contributed by atoms with Crippen molar-refractivity contribution in [1.82, 2.24) is 10.2 Å². The van der Waals surface area contributed by atoms with E-state index in [2.05, 4.69) is 5.32 Å². The third kappa shape index (κ3) is 7.18. The fraction of sp³-hybridized carbons (Fsp3) is 0.259. The molecule has 0 heterocycles. The molecule has 0 bridgehead atoms. The molecule has 0 aliphatic heterocycles. The van der Waals surface area contributed by atoms with Gasteiger partial charge in [0.15, 0.2) is 0 Å². The number of hydrogen-bond acceptors (Lipinski definition) is 4. The summed E-state index contributed by atoms with van der Waals surface area (Å²) in [5.41, 5.74) is 1.42. The van der Waals surface area contributed by atoms with E-state index < -0.39 is 34.4 Å². The van der Waals surface area contributed by atoms with Crippen molar-refractivity contribution in [2.45, 2.75) is 37.8 Å². The van der Waals surface area contributed by atoms with Crippen molar-refractivity contribution >= 4 is 73.9 Å². The van der Waals surface area contributed by atoms with Gasteiger partial charge in [0.2, 0.25) is 11.8 Å². The number of nitrogens with one attached hydrogen (secondary N) is 1. The molecule has 0 aliphatic rings. The third-order valence-corrected chi connectivity index (χ3v) is 9.25. The first-order valence-corrected chi connectivity index (χ1v) is 14.8. The number of hydrogen-bond donors (Lipinski definition) is 1. The molecule has 12 heteroatoms. The van der Waals surface area contributed by atoms with Gasteiger partial charge in [-0.2, -0.15) is 0 Å². The lowest BCUT2D eigenvalue weighted by Crippen LogP contribution is -2.51. The predicted octanol–water partition coefficient (Wildman–Crippen LogP) is 6.36. The van der Waals surface area contributed by atoms with E-state index in [1.54, 1.807) is 31.2 Å². The Morgan fingerprint density at radius 3 is 2.21 bits per heavy atom. The Bertz CT molecular complexity index is 1470. The average Bonchev–Trinajstić information content (AvgIpc) is 2.90. The van der Waals surface area contributed by atoms with E-state index in [9.17, 15) is 18.0 Å². The maximum absolute atomic E-state index is 14.0. The molecular weight excluding hydrogens is 604 g/mol. The molecule has 0 spiro atoms. The Labute approximate surface area is 248 Å². The van der Waals surface area contributed by atoms with Crippen LogP contribution in [0.5, 0.6) is 0 Å². The largest absolute Gasteiger partial charge is 0.357 e. The van der Waals surface area contributed by atoms with Crippen molar-refractivity contribution in [2.75, 3.05) is 17.9 Å². The molecule has 0 radical (unpaired) electrons. The molecule has 0 fully saturated rings. The van der Waals surface area contributed by atoms with Crippen LogP contribution in [0.25, 0.3) is 0 Å². The van der Waals surface area contributed by atoms with Crippen LogP contribution >= 0.6 is 46.4 Å². The topological polar surface area (TPSA) is 86.8 Å². The Hall–Kier alpha value is -2.49. The Morgan fingerprint density at radius 1 is 0.949 bits per heavy atom. The van der Waals surface area contributed by atoms with Gasteiger partial charge in [-0.25, -0.2) is 8.42 Å². The van der Waals surface area contributed by atoms with Crippen LogP contribution in [0.1, 0.15) is 24.5 Å². The molecule has 0 aromatic heterocycles.